The minimum absolute atomic E-state index is 0.242. The third-order valence-electron chi connectivity index (χ3n) is 3.89. The Balaban J connectivity index is 1.71. The van der Waals surface area contributed by atoms with Crippen LogP contribution in [-0.4, -0.2) is 39.5 Å². The lowest BCUT2D eigenvalue weighted by Gasteiger charge is -2.26. The van der Waals surface area contributed by atoms with Crippen molar-refractivity contribution in [2.45, 2.75) is 39.2 Å². The zero-order chi connectivity index (χ0) is 17.3. The number of carbonyl (C=O) groups excluding carboxylic acids is 1. The number of amides is 1. The Kier molecular flexibility index (Phi) is 4.67. The fraction of sp³-hybridized carbons (Fsp3) is 0.444. The molecule has 0 aliphatic carbocycles. The van der Waals surface area contributed by atoms with E-state index in [0.29, 0.717) is 13.1 Å². The van der Waals surface area contributed by atoms with E-state index >= 15 is 0 Å². The average Bonchev–Trinajstić information content (AvgIpc) is 2.79. The highest BCUT2D eigenvalue weighted by Crippen LogP contribution is 2.20. The van der Waals surface area contributed by atoms with Crippen LogP contribution in [0.4, 0.5) is 4.79 Å². The monoisotopic (exact) mass is 391 g/mol. The molecule has 0 spiro atoms. The van der Waals surface area contributed by atoms with Crippen LogP contribution in [0.3, 0.4) is 0 Å². The summed E-state index contributed by atoms with van der Waals surface area (Å²) >= 11 is 3.45. The lowest BCUT2D eigenvalue weighted by atomic mass is 10.2. The topological polar surface area (TPSA) is 47.4 Å². The molecule has 5 nitrogen and oxygen atoms in total. The quantitative estimate of drug-likeness (QED) is 0.738. The highest BCUT2D eigenvalue weighted by Gasteiger charge is 2.25. The van der Waals surface area contributed by atoms with Gasteiger partial charge in [0.25, 0.3) is 0 Å². The first-order valence-electron chi connectivity index (χ1n) is 8.13. The van der Waals surface area contributed by atoms with Crippen LogP contribution in [0.1, 0.15) is 32.0 Å². The van der Waals surface area contributed by atoms with E-state index in [4.69, 9.17) is 9.84 Å². The molecule has 1 aliphatic heterocycles. The Morgan fingerprint density at radius 3 is 2.50 bits per heavy atom. The molecule has 1 aliphatic rings. The first-order valence-corrected chi connectivity index (χ1v) is 8.92. The lowest BCUT2D eigenvalue weighted by molar-refractivity contribution is 0.0258. The molecule has 2 heterocycles. The maximum absolute atomic E-state index is 12.2. The normalized spacial score (nSPS) is 14.9. The summed E-state index contributed by atoms with van der Waals surface area (Å²) in [7, 11) is 0. The standard InChI is InChI=1S/C18H22BrN3O2/c1-18(2,3)24-17(23)21-10-8-13-12-22(20-16(13)9-11-21)15-6-4-14(19)5-7-15/h4-7,12H,8-11H2,1-3H3. The number of carbonyl (C=O) groups is 1. The van der Waals surface area contributed by atoms with E-state index in [1.807, 2.05) is 49.7 Å². The van der Waals surface area contributed by atoms with E-state index in [9.17, 15) is 4.79 Å². The van der Waals surface area contributed by atoms with Crippen LogP contribution >= 0.6 is 15.9 Å². The van der Waals surface area contributed by atoms with E-state index in [2.05, 4.69) is 22.1 Å². The summed E-state index contributed by atoms with van der Waals surface area (Å²) in [6, 6.07) is 8.08. The van der Waals surface area contributed by atoms with Crippen molar-refractivity contribution >= 4 is 22.0 Å². The molecule has 0 unspecified atom stereocenters. The molecule has 2 aromatic rings. The van der Waals surface area contributed by atoms with E-state index in [1.54, 1.807) is 4.90 Å². The van der Waals surface area contributed by atoms with Crippen molar-refractivity contribution < 1.29 is 9.53 Å². The number of halogens is 1. The molecule has 0 N–H and O–H groups in total. The number of benzene rings is 1. The zero-order valence-corrected chi connectivity index (χ0v) is 15.8. The van der Waals surface area contributed by atoms with Crippen LogP contribution in [0.5, 0.6) is 0 Å². The molecule has 1 amide bonds. The van der Waals surface area contributed by atoms with Crippen LogP contribution in [0, 0.1) is 0 Å². The molecule has 0 bridgehead atoms. The predicted molar refractivity (Wildman–Crippen MR) is 96.5 cm³/mol. The molecule has 3 rings (SSSR count). The van der Waals surface area contributed by atoms with Crippen molar-refractivity contribution in [3.63, 3.8) is 0 Å². The van der Waals surface area contributed by atoms with E-state index in [1.165, 1.54) is 5.56 Å². The average molecular weight is 392 g/mol. The first kappa shape index (κ1) is 17.0. The number of hydrogen-bond acceptors (Lipinski definition) is 3. The van der Waals surface area contributed by atoms with Gasteiger partial charge in [-0.3, -0.25) is 0 Å². The smallest absolute Gasteiger partial charge is 0.410 e. The Labute approximate surface area is 150 Å². The number of rotatable bonds is 1. The third-order valence-corrected chi connectivity index (χ3v) is 4.42. The molecular weight excluding hydrogens is 370 g/mol. The largest absolute Gasteiger partial charge is 0.444 e. The Hall–Kier alpha value is -1.82. The van der Waals surface area contributed by atoms with Gasteiger partial charge >= 0.3 is 6.09 Å². The number of aromatic nitrogens is 2. The molecule has 0 radical (unpaired) electrons. The Bertz CT molecular complexity index is 706. The van der Waals surface area contributed by atoms with Crippen molar-refractivity contribution in [3.05, 3.63) is 46.2 Å². The molecule has 1 aromatic carbocycles. The highest BCUT2D eigenvalue weighted by atomic mass is 79.9. The van der Waals surface area contributed by atoms with Crippen molar-refractivity contribution in [3.8, 4) is 5.69 Å². The fourth-order valence-corrected chi connectivity index (χ4v) is 2.97. The van der Waals surface area contributed by atoms with Gasteiger partial charge in [-0.25, -0.2) is 9.48 Å². The number of nitrogens with zero attached hydrogens (tertiary/aromatic N) is 3. The van der Waals surface area contributed by atoms with Crippen molar-refractivity contribution in [1.82, 2.24) is 14.7 Å². The minimum atomic E-state index is -0.464. The summed E-state index contributed by atoms with van der Waals surface area (Å²) in [6.07, 6.45) is 3.37. The maximum Gasteiger partial charge on any atom is 0.410 e. The van der Waals surface area contributed by atoms with Gasteiger partial charge in [0.15, 0.2) is 0 Å². The van der Waals surface area contributed by atoms with Crippen LogP contribution < -0.4 is 0 Å². The van der Waals surface area contributed by atoms with E-state index in [-0.39, 0.29) is 6.09 Å². The zero-order valence-electron chi connectivity index (χ0n) is 14.3. The van der Waals surface area contributed by atoms with Crippen LogP contribution in [-0.2, 0) is 17.6 Å². The van der Waals surface area contributed by atoms with Gasteiger partial charge in [0.2, 0.25) is 0 Å². The van der Waals surface area contributed by atoms with Crippen LogP contribution in [0.25, 0.3) is 5.69 Å². The van der Waals surface area contributed by atoms with Crippen molar-refractivity contribution in [1.29, 1.82) is 0 Å². The minimum Gasteiger partial charge on any atom is -0.444 e. The van der Waals surface area contributed by atoms with Gasteiger partial charge in [-0.05, 0) is 57.0 Å². The van der Waals surface area contributed by atoms with Crippen molar-refractivity contribution in [2.75, 3.05) is 13.1 Å². The summed E-state index contributed by atoms with van der Waals surface area (Å²) in [5.74, 6) is 0. The molecule has 0 saturated heterocycles. The second kappa shape index (κ2) is 6.59. The second-order valence-electron chi connectivity index (χ2n) is 6.99. The lowest BCUT2D eigenvalue weighted by Crippen LogP contribution is -2.38. The summed E-state index contributed by atoms with van der Waals surface area (Å²) in [5, 5.41) is 4.70. The molecule has 0 fully saturated rings. The number of ether oxygens (including phenoxy) is 1. The van der Waals surface area contributed by atoms with Crippen molar-refractivity contribution in [2.24, 2.45) is 0 Å². The molecule has 1 aromatic heterocycles. The van der Waals surface area contributed by atoms with Gasteiger partial charge in [0, 0.05) is 30.2 Å². The molecule has 24 heavy (non-hydrogen) atoms. The molecular formula is C18H22BrN3O2. The summed E-state index contributed by atoms with van der Waals surface area (Å²) < 4.78 is 8.44. The molecule has 128 valence electrons. The van der Waals surface area contributed by atoms with Gasteiger partial charge in [0.05, 0.1) is 11.4 Å². The SMILES string of the molecule is CC(C)(C)OC(=O)N1CCc2cn(-c3ccc(Br)cc3)nc2CC1. The van der Waals surface area contributed by atoms with Gasteiger partial charge in [-0.1, -0.05) is 15.9 Å². The Morgan fingerprint density at radius 2 is 1.83 bits per heavy atom. The van der Waals surface area contributed by atoms with Crippen LogP contribution in [0.2, 0.25) is 0 Å². The summed E-state index contributed by atoms with van der Waals surface area (Å²) in [6.45, 7) is 6.97. The first-order chi connectivity index (χ1) is 11.3. The summed E-state index contributed by atoms with van der Waals surface area (Å²) in [5.41, 5.74) is 2.83. The molecule has 0 saturated carbocycles. The molecule has 6 heteroatoms. The predicted octanol–water partition coefficient (Wildman–Crippen LogP) is 3.97. The Morgan fingerprint density at radius 1 is 1.17 bits per heavy atom. The van der Waals surface area contributed by atoms with Crippen LogP contribution in [0.15, 0.2) is 34.9 Å². The molecule has 0 atom stereocenters. The maximum atomic E-state index is 12.2. The number of hydrogen-bond donors (Lipinski definition) is 0. The fourth-order valence-electron chi connectivity index (χ4n) is 2.71. The second-order valence-corrected chi connectivity index (χ2v) is 7.91. The van der Waals surface area contributed by atoms with Gasteiger partial charge < -0.3 is 9.64 Å². The van der Waals surface area contributed by atoms with E-state index < -0.39 is 5.60 Å². The van der Waals surface area contributed by atoms with E-state index in [0.717, 1.165) is 28.7 Å². The summed E-state index contributed by atoms with van der Waals surface area (Å²) in [4.78, 5) is 14.0. The van der Waals surface area contributed by atoms with Gasteiger partial charge in [0.1, 0.15) is 5.60 Å². The number of fused-ring (bicyclic) bond motifs is 1. The third kappa shape index (κ3) is 3.98. The highest BCUT2D eigenvalue weighted by molar-refractivity contribution is 9.10. The van der Waals surface area contributed by atoms with Gasteiger partial charge in [-0.15, -0.1) is 0 Å². The van der Waals surface area contributed by atoms with Gasteiger partial charge in [-0.2, -0.15) is 5.10 Å².